The quantitative estimate of drug-likeness (QED) is 0.878. The molecule has 2 saturated heterocycles. The van der Waals surface area contributed by atoms with Crippen LogP contribution in [0.3, 0.4) is 0 Å². The van der Waals surface area contributed by atoms with Gasteiger partial charge in [0.05, 0.1) is 17.9 Å². The Labute approximate surface area is 136 Å². The molecule has 0 aromatic heterocycles. The van der Waals surface area contributed by atoms with Crippen molar-refractivity contribution in [2.45, 2.75) is 31.4 Å². The number of aliphatic hydroxyl groups is 1. The van der Waals surface area contributed by atoms with E-state index in [4.69, 9.17) is 0 Å². The molecule has 3 rings (SSSR count). The van der Waals surface area contributed by atoms with Gasteiger partial charge in [-0.3, -0.25) is 0 Å². The lowest BCUT2D eigenvalue weighted by molar-refractivity contribution is 0.188. The first-order chi connectivity index (χ1) is 11.0. The molecule has 2 atom stereocenters. The number of nitrogens with zero attached hydrogens (tertiary/aromatic N) is 2. The van der Waals surface area contributed by atoms with Crippen LogP contribution in [0.4, 0.5) is 4.39 Å². The van der Waals surface area contributed by atoms with Crippen LogP contribution in [0, 0.1) is 5.82 Å². The summed E-state index contributed by atoms with van der Waals surface area (Å²) < 4.78 is 39.9. The van der Waals surface area contributed by atoms with Gasteiger partial charge in [0, 0.05) is 13.1 Å². The van der Waals surface area contributed by atoms with Crippen molar-refractivity contribution in [3.63, 3.8) is 0 Å². The first-order valence-electron chi connectivity index (χ1n) is 8.11. The molecular formula is C16H23FN2O3S. The third-order valence-electron chi connectivity index (χ3n) is 4.71. The summed E-state index contributed by atoms with van der Waals surface area (Å²) in [5, 5.41) is 9.94. The Morgan fingerprint density at radius 1 is 1.17 bits per heavy atom. The Kier molecular flexibility index (Phi) is 5.01. The summed E-state index contributed by atoms with van der Waals surface area (Å²) in [5.74, 6) is -0.284. The van der Waals surface area contributed by atoms with Gasteiger partial charge >= 0.3 is 0 Å². The molecule has 2 aliphatic rings. The first kappa shape index (κ1) is 16.8. The average Bonchev–Trinajstić information content (AvgIpc) is 3.16. The van der Waals surface area contributed by atoms with Crippen LogP contribution in [0.1, 0.15) is 30.9 Å². The Bertz CT molecular complexity index is 629. The van der Waals surface area contributed by atoms with Crippen LogP contribution in [0.2, 0.25) is 0 Å². The second kappa shape index (κ2) is 6.84. The van der Waals surface area contributed by atoms with Crippen LogP contribution in [0.5, 0.6) is 0 Å². The van der Waals surface area contributed by atoms with Gasteiger partial charge in [0.15, 0.2) is 0 Å². The van der Waals surface area contributed by atoms with Crippen molar-refractivity contribution in [3.8, 4) is 0 Å². The lowest BCUT2D eigenvalue weighted by Crippen LogP contribution is -2.37. The highest BCUT2D eigenvalue weighted by molar-refractivity contribution is 7.89. The predicted molar refractivity (Wildman–Crippen MR) is 85.9 cm³/mol. The maximum Gasteiger partial charge on any atom is 0.216 e. The van der Waals surface area contributed by atoms with E-state index in [0.29, 0.717) is 13.0 Å². The maximum absolute atomic E-state index is 13.1. The second-order valence-corrected chi connectivity index (χ2v) is 8.43. The maximum atomic E-state index is 13.1. The van der Waals surface area contributed by atoms with E-state index >= 15 is 0 Å². The molecular weight excluding hydrogens is 319 g/mol. The minimum Gasteiger partial charge on any atom is -0.392 e. The molecule has 1 aromatic carbocycles. The molecule has 1 N–H and O–H groups in total. The Hall–Kier alpha value is -1.02. The van der Waals surface area contributed by atoms with E-state index in [1.54, 1.807) is 12.1 Å². The van der Waals surface area contributed by atoms with Crippen LogP contribution in [-0.2, 0) is 10.0 Å². The van der Waals surface area contributed by atoms with Crippen LogP contribution in [0.15, 0.2) is 24.3 Å². The molecule has 2 fully saturated rings. The summed E-state index contributed by atoms with van der Waals surface area (Å²) in [7, 11) is -3.45. The summed E-state index contributed by atoms with van der Waals surface area (Å²) >= 11 is 0. The van der Waals surface area contributed by atoms with Crippen LogP contribution in [0.25, 0.3) is 0 Å². The van der Waals surface area contributed by atoms with Gasteiger partial charge in [0.2, 0.25) is 10.0 Å². The number of aliphatic hydroxyl groups excluding tert-OH is 1. The third kappa shape index (κ3) is 3.91. The highest BCUT2D eigenvalue weighted by atomic mass is 32.2. The molecule has 1 aromatic rings. The number of likely N-dealkylation sites (tertiary alicyclic amines) is 1. The lowest BCUT2D eigenvalue weighted by Gasteiger charge is -2.25. The molecule has 0 aliphatic carbocycles. The van der Waals surface area contributed by atoms with E-state index in [2.05, 4.69) is 4.90 Å². The summed E-state index contributed by atoms with van der Waals surface area (Å²) in [4.78, 5) is 2.16. The number of hydrogen-bond donors (Lipinski definition) is 1. The fourth-order valence-corrected chi connectivity index (χ4v) is 5.17. The number of sulfonamides is 1. The minimum atomic E-state index is -3.45. The van der Waals surface area contributed by atoms with Crippen LogP contribution in [-0.4, -0.2) is 60.8 Å². The van der Waals surface area contributed by atoms with Crippen molar-refractivity contribution in [2.24, 2.45) is 0 Å². The molecule has 0 radical (unpaired) electrons. The van der Waals surface area contributed by atoms with Gasteiger partial charge in [-0.05, 0) is 50.0 Å². The first-order valence-corrected chi connectivity index (χ1v) is 9.72. The van der Waals surface area contributed by atoms with Crippen molar-refractivity contribution in [1.29, 1.82) is 0 Å². The lowest BCUT2D eigenvalue weighted by atomic mass is 10.0. The molecule has 0 amide bonds. The summed E-state index contributed by atoms with van der Waals surface area (Å²) in [6.45, 7) is 2.56. The highest BCUT2D eigenvalue weighted by Crippen LogP contribution is 2.34. The molecule has 0 saturated carbocycles. The van der Waals surface area contributed by atoms with E-state index in [0.717, 1.165) is 31.5 Å². The van der Waals surface area contributed by atoms with Gasteiger partial charge < -0.3 is 10.0 Å². The average molecular weight is 342 g/mol. The zero-order valence-electron chi connectivity index (χ0n) is 13.1. The van der Waals surface area contributed by atoms with E-state index < -0.39 is 22.2 Å². The van der Waals surface area contributed by atoms with Gasteiger partial charge in [-0.15, -0.1) is 0 Å². The number of rotatable bonds is 5. The molecule has 0 spiro atoms. The smallest absolute Gasteiger partial charge is 0.216 e. The molecule has 128 valence electrons. The molecule has 2 aliphatic heterocycles. The Morgan fingerprint density at radius 2 is 1.83 bits per heavy atom. The monoisotopic (exact) mass is 342 g/mol. The topological polar surface area (TPSA) is 60.9 Å². The van der Waals surface area contributed by atoms with Gasteiger partial charge in [-0.2, -0.15) is 4.31 Å². The van der Waals surface area contributed by atoms with Gasteiger partial charge in [-0.25, -0.2) is 12.8 Å². The standard InChI is InChI=1S/C16H23FN2O3S/c17-14-5-3-13(4-6-14)16-11-15(20)12-19(16)23(21,22)10-9-18-7-1-2-8-18/h3-6,15-16,20H,1-2,7-12H2/t15-,16-/m0/s1. The SMILES string of the molecule is O=S(=O)(CCN1CCCC1)N1C[C@@H](O)C[C@H]1c1ccc(F)cc1. The number of β-amino-alcohol motifs (C(OH)–C–C–N with tert-alkyl or cyclic N) is 1. The van der Waals surface area contributed by atoms with Crippen LogP contribution < -0.4 is 0 Å². The van der Waals surface area contributed by atoms with Gasteiger partial charge in [-0.1, -0.05) is 12.1 Å². The zero-order valence-corrected chi connectivity index (χ0v) is 13.9. The highest BCUT2D eigenvalue weighted by Gasteiger charge is 2.39. The van der Waals surface area contributed by atoms with Crippen molar-refractivity contribution in [3.05, 3.63) is 35.6 Å². The Morgan fingerprint density at radius 3 is 2.48 bits per heavy atom. The minimum absolute atomic E-state index is 0.0669. The van der Waals surface area contributed by atoms with Crippen LogP contribution >= 0.6 is 0 Å². The van der Waals surface area contributed by atoms with E-state index in [-0.39, 0.29) is 18.1 Å². The largest absolute Gasteiger partial charge is 0.392 e. The molecule has 5 nitrogen and oxygen atoms in total. The van der Waals surface area contributed by atoms with Crippen molar-refractivity contribution in [2.75, 3.05) is 31.9 Å². The van der Waals surface area contributed by atoms with Gasteiger partial charge in [0.25, 0.3) is 0 Å². The molecule has 2 heterocycles. The third-order valence-corrected chi connectivity index (χ3v) is 6.53. The molecule has 23 heavy (non-hydrogen) atoms. The number of halogens is 1. The fraction of sp³-hybridized carbons (Fsp3) is 0.625. The number of benzene rings is 1. The van der Waals surface area contributed by atoms with Gasteiger partial charge in [0.1, 0.15) is 5.82 Å². The molecule has 7 heteroatoms. The second-order valence-electron chi connectivity index (χ2n) is 6.39. The summed E-state index contributed by atoms with van der Waals surface area (Å²) in [5.41, 5.74) is 0.729. The molecule has 0 unspecified atom stereocenters. The zero-order chi connectivity index (χ0) is 16.4. The van der Waals surface area contributed by atoms with Crippen molar-refractivity contribution >= 4 is 10.0 Å². The van der Waals surface area contributed by atoms with Crippen molar-refractivity contribution < 1.29 is 17.9 Å². The van der Waals surface area contributed by atoms with E-state index in [1.807, 2.05) is 0 Å². The number of hydrogen-bond acceptors (Lipinski definition) is 4. The summed E-state index contributed by atoms with van der Waals surface area (Å²) in [6.07, 6.45) is 1.93. The van der Waals surface area contributed by atoms with Crippen molar-refractivity contribution in [1.82, 2.24) is 9.21 Å². The Balaban J connectivity index is 1.73. The normalized spacial score (nSPS) is 26.9. The van der Waals surface area contributed by atoms with E-state index in [9.17, 15) is 17.9 Å². The molecule has 0 bridgehead atoms. The predicted octanol–water partition coefficient (Wildman–Crippen LogP) is 1.36. The van der Waals surface area contributed by atoms with E-state index in [1.165, 1.54) is 16.4 Å². The fourth-order valence-electron chi connectivity index (χ4n) is 3.45. The summed E-state index contributed by atoms with van der Waals surface area (Å²) in [6, 6.07) is 5.45.